The van der Waals surface area contributed by atoms with Crippen molar-refractivity contribution in [2.45, 2.75) is 64.8 Å². The van der Waals surface area contributed by atoms with Crippen LogP contribution in [-0.4, -0.2) is 6.04 Å². The Bertz CT molecular complexity index is 147. The minimum Gasteiger partial charge on any atom is -0.271 e. The zero-order valence-corrected chi connectivity index (χ0v) is 9.76. The zero-order valence-electron chi connectivity index (χ0n) is 9.76. The van der Waals surface area contributed by atoms with Crippen molar-refractivity contribution in [3.05, 3.63) is 0 Å². The quantitative estimate of drug-likeness (QED) is 0.509. The molecule has 0 radical (unpaired) electrons. The van der Waals surface area contributed by atoms with Crippen molar-refractivity contribution in [2.24, 2.45) is 17.7 Å². The summed E-state index contributed by atoms with van der Waals surface area (Å²) >= 11 is 0. The molecule has 1 rings (SSSR count). The van der Waals surface area contributed by atoms with Crippen LogP contribution in [0.25, 0.3) is 0 Å². The Morgan fingerprint density at radius 2 is 2.14 bits per heavy atom. The van der Waals surface area contributed by atoms with Crippen LogP contribution >= 0.6 is 0 Å². The zero-order chi connectivity index (χ0) is 10.4. The van der Waals surface area contributed by atoms with Gasteiger partial charge >= 0.3 is 0 Å². The van der Waals surface area contributed by atoms with Crippen LogP contribution in [-0.2, 0) is 0 Å². The lowest BCUT2D eigenvalue weighted by atomic mass is 9.92. The smallest absolute Gasteiger partial charge is 0.0238 e. The fraction of sp³-hybridized carbons (Fsp3) is 1.00. The van der Waals surface area contributed by atoms with Gasteiger partial charge < -0.3 is 0 Å². The lowest BCUT2D eigenvalue weighted by Gasteiger charge is -2.22. The first kappa shape index (κ1) is 12.0. The molecular formula is C12H26N2. The van der Waals surface area contributed by atoms with Crippen LogP contribution in [0.3, 0.4) is 0 Å². The Kier molecular flexibility index (Phi) is 5.49. The van der Waals surface area contributed by atoms with Crippen LogP contribution in [0.1, 0.15) is 58.8 Å². The van der Waals surface area contributed by atoms with Crippen molar-refractivity contribution in [1.82, 2.24) is 5.43 Å². The largest absolute Gasteiger partial charge is 0.271 e. The van der Waals surface area contributed by atoms with Crippen molar-refractivity contribution in [3.63, 3.8) is 0 Å². The molecule has 1 saturated carbocycles. The average Bonchev–Trinajstić information content (AvgIpc) is 2.68. The monoisotopic (exact) mass is 198 g/mol. The third-order valence-electron chi connectivity index (χ3n) is 3.81. The topological polar surface area (TPSA) is 38.0 Å². The van der Waals surface area contributed by atoms with E-state index < -0.39 is 0 Å². The molecule has 0 amide bonds. The number of nitrogens with one attached hydrogen (secondary N) is 1. The highest BCUT2D eigenvalue weighted by atomic mass is 15.2. The molecule has 0 aromatic carbocycles. The summed E-state index contributed by atoms with van der Waals surface area (Å²) in [6.45, 7) is 4.56. The van der Waals surface area contributed by atoms with Gasteiger partial charge in [0.15, 0.2) is 0 Å². The normalized spacial score (nSPS) is 29.4. The molecule has 3 atom stereocenters. The Balaban J connectivity index is 2.30. The molecule has 0 spiro atoms. The molecule has 1 aliphatic carbocycles. The lowest BCUT2D eigenvalue weighted by Crippen LogP contribution is -2.40. The first-order valence-electron chi connectivity index (χ1n) is 6.27. The maximum absolute atomic E-state index is 5.63. The Morgan fingerprint density at radius 3 is 2.64 bits per heavy atom. The van der Waals surface area contributed by atoms with Crippen molar-refractivity contribution in [1.29, 1.82) is 0 Å². The van der Waals surface area contributed by atoms with E-state index in [1.165, 1.54) is 44.9 Å². The van der Waals surface area contributed by atoms with E-state index in [2.05, 4.69) is 19.3 Å². The van der Waals surface area contributed by atoms with Crippen LogP contribution in [0.15, 0.2) is 0 Å². The third kappa shape index (κ3) is 3.25. The fourth-order valence-corrected chi connectivity index (χ4v) is 2.73. The number of nitrogens with two attached hydrogens (primary N) is 1. The highest BCUT2D eigenvalue weighted by Crippen LogP contribution is 2.35. The summed E-state index contributed by atoms with van der Waals surface area (Å²) in [5, 5.41) is 0. The summed E-state index contributed by atoms with van der Waals surface area (Å²) in [7, 11) is 0. The highest BCUT2D eigenvalue weighted by Gasteiger charge is 2.28. The molecule has 3 N–H and O–H groups in total. The van der Waals surface area contributed by atoms with Crippen molar-refractivity contribution in [3.8, 4) is 0 Å². The predicted octanol–water partition coefficient (Wildman–Crippen LogP) is 2.83. The fourth-order valence-electron chi connectivity index (χ4n) is 2.73. The van der Waals surface area contributed by atoms with Gasteiger partial charge in [0.1, 0.15) is 0 Å². The van der Waals surface area contributed by atoms with Gasteiger partial charge in [-0.2, -0.15) is 0 Å². The standard InChI is InChI=1S/C12H26N2/c1-3-5-6-12(14-13)11-8-7-10(4-2)9-11/h10-12,14H,3-9,13H2,1-2H3. The van der Waals surface area contributed by atoms with Gasteiger partial charge in [0.25, 0.3) is 0 Å². The van der Waals surface area contributed by atoms with Gasteiger partial charge in [-0.05, 0) is 31.1 Å². The second-order valence-corrected chi connectivity index (χ2v) is 4.76. The van der Waals surface area contributed by atoms with Gasteiger partial charge in [0.05, 0.1) is 0 Å². The number of hydrazine groups is 1. The van der Waals surface area contributed by atoms with Gasteiger partial charge in [-0.15, -0.1) is 0 Å². The van der Waals surface area contributed by atoms with E-state index in [9.17, 15) is 0 Å². The molecule has 1 aliphatic rings. The van der Waals surface area contributed by atoms with Crippen LogP contribution in [0.4, 0.5) is 0 Å². The van der Waals surface area contributed by atoms with E-state index in [0.717, 1.165) is 11.8 Å². The molecule has 0 aromatic rings. The van der Waals surface area contributed by atoms with Gasteiger partial charge in [-0.1, -0.05) is 39.5 Å². The molecular weight excluding hydrogens is 172 g/mol. The number of unbranched alkanes of at least 4 members (excludes halogenated alkanes) is 1. The Hall–Kier alpha value is -0.0800. The lowest BCUT2D eigenvalue weighted by molar-refractivity contribution is 0.327. The van der Waals surface area contributed by atoms with Crippen LogP contribution in [0.5, 0.6) is 0 Å². The van der Waals surface area contributed by atoms with Crippen molar-refractivity contribution in [2.75, 3.05) is 0 Å². The highest BCUT2D eigenvalue weighted by molar-refractivity contribution is 4.83. The molecule has 0 aliphatic heterocycles. The molecule has 2 heteroatoms. The van der Waals surface area contributed by atoms with Gasteiger partial charge in [0.2, 0.25) is 0 Å². The minimum atomic E-state index is 0.575. The minimum absolute atomic E-state index is 0.575. The first-order valence-corrected chi connectivity index (χ1v) is 6.27. The Morgan fingerprint density at radius 1 is 1.36 bits per heavy atom. The third-order valence-corrected chi connectivity index (χ3v) is 3.81. The SMILES string of the molecule is CCCCC(NN)C1CCC(CC)C1. The number of hydrogen-bond donors (Lipinski definition) is 2. The summed E-state index contributed by atoms with van der Waals surface area (Å²) in [5.74, 6) is 7.44. The average molecular weight is 198 g/mol. The number of hydrogen-bond acceptors (Lipinski definition) is 2. The van der Waals surface area contributed by atoms with E-state index in [1.54, 1.807) is 0 Å². The van der Waals surface area contributed by atoms with E-state index in [-0.39, 0.29) is 0 Å². The van der Waals surface area contributed by atoms with E-state index in [1.807, 2.05) is 0 Å². The molecule has 0 bridgehead atoms. The molecule has 0 saturated heterocycles. The molecule has 3 unspecified atom stereocenters. The molecule has 84 valence electrons. The van der Waals surface area contributed by atoms with Crippen molar-refractivity contribution >= 4 is 0 Å². The molecule has 14 heavy (non-hydrogen) atoms. The van der Waals surface area contributed by atoms with Crippen LogP contribution in [0, 0.1) is 11.8 Å². The summed E-state index contributed by atoms with van der Waals surface area (Å²) in [6.07, 6.45) is 9.40. The summed E-state index contributed by atoms with van der Waals surface area (Å²) < 4.78 is 0. The van der Waals surface area contributed by atoms with E-state index in [0.29, 0.717) is 6.04 Å². The van der Waals surface area contributed by atoms with Crippen LogP contribution in [0.2, 0.25) is 0 Å². The van der Waals surface area contributed by atoms with Gasteiger partial charge in [-0.3, -0.25) is 11.3 Å². The van der Waals surface area contributed by atoms with E-state index in [4.69, 9.17) is 5.84 Å². The number of rotatable bonds is 6. The van der Waals surface area contributed by atoms with Gasteiger partial charge in [-0.25, -0.2) is 0 Å². The maximum atomic E-state index is 5.63. The summed E-state index contributed by atoms with van der Waals surface area (Å²) in [4.78, 5) is 0. The molecule has 1 fully saturated rings. The summed E-state index contributed by atoms with van der Waals surface area (Å²) in [5.41, 5.74) is 3.02. The molecule has 0 aromatic heterocycles. The van der Waals surface area contributed by atoms with E-state index >= 15 is 0 Å². The second kappa shape index (κ2) is 6.41. The first-order chi connectivity index (χ1) is 6.81. The molecule has 0 heterocycles. The van der Waals surface area contributed by atoms with Gasteiger partial charge in [0, 0.05) is 6.04 Å². The Labute approximate surface area is 88.6 Å². The predicted molar refractivity (Wildman–Crippen MR) is 61.8 cm³/mol. The second-order valence-electron chi connectivity index (χ2n) is 4.76. The van der Waals surface area contributed by atoms with Crippen molar-refractivity contribution < 1.29 is 0 Å². The molecule has 2 nitrogen and oxygen atoms in total. The van der Waals surface area contributed by atoms with Crippen LogP contribution < -0.4 is 11.3 Å². The summed E-state index contributed by atoms with van der Waals surface area (Å²) in [6, 6.07) is 0.575. The maximum Gasteiger partial charge on any atom is 0.0238 e.